The molecule has 4 nitrogen and oxygen atoms in total. The van der Waals surface area contributed by atoms with E-state index in [1.54, 1.807) is 6.07 Å². The van der Waals surface area contributed by atoms with E-state index < -0.39 is 0 Å². The third-order valence-electron chi connectivity index (χ3n) is 3.42. The summed E-state index contributed by atoms with van der Waals surface area (Å²) in [4.78, 5) is 10.8. The third kappa shape index (κ3) is 3.82. The predicted octanol–water partition coefficient (Wildman–Crippen LogP) is 5.09. The van der Waals surface area contributed by atoms with Gasteiger partial charge in [0.2, 0.25) is 0 Å². The second-order valence-electron chi connectivity index (χ2n) is 4.87. The van der Waals surface area contributed by atoms with Crippen molar-refractivity contribution in [2.45, 2.75) is 26.3 Å². The first-order valence-corrected chi connectivity index (χ1v) is 7.60. The molecule has 2 aromatic rings. The molecule has 1 unspecified atom stereocenters. The number of anilines is 1. The lowest BCUT2D eigenvalue weighted by Crippen LogP contribution is -2.07. The lowest BCUT2D eigenvalue weighted by atomic mass is 10.1. The molecule has 0 aliphatic rings. The van der Waals surface area contributed by atoms with Crippen LogP contribution < -0.4 is 5.32 Å². The van der Waals surface area contributed by atoms with Gasteiger partial charge < -0.3 is 5.32 Å². The zero-order valence-corrected chi connectivity index (χ0v) is 13.6. The maximum Gasteiger partial charge on any atom is 0.274 e. The minimum Gasteiger partial charge on any atom is -0.378 e. The minimum absolute atomic E-state index is 0.0742. The molecule has 0 aromatic heterocycles. The van der Waals surface area contributed by atoms with Crippen molar-refractivity contribution in [1.29, 1.82) is 0 Å². The van der Waals surface area contributed by atoms with Gasteiger partial charge in [0.25, 0.3) is 5.69 Å². The first-order valence-electron chi connectivity index (χ1n) is 6.80. The Hall–Kier alpha value is -1.88. The zero-order valence-electron chi connectivity index (χ0n) is 12.0. The third-order valence-corrected chi connectivity index (χ3v) is 3.94. The van der Waals surface area contributed by atoms with Crippen LogP contribution in [0.5, 0.6) is 0 Å². The van der Waals surface area contributed by atoms with E-state index in [2.05, 4.69) is 21.2 Å². The molecular weight excluding hydrogens is 332 g/mol. The molecule has 1 N–H and O–H groups in total. The van der Waals surface area contributed by atoms with Gasteiger partial charge >= 0.3 is 0 Å². The molecule has 0 heterocycles. The zero-order chi connectivity index (χ0) is 15.4. The molecule has 0 saturated heterocycles. The predicted molar refractivity (Wildman–Crippen MR) is 88.7 cm³/mol. The van der Waals surface area contributed by atoms with Gasteiger partial charge in [-0.25, -0.2) is 0 Å². The fraction of sp³-hybridized carbons (Fsp3) is 0.250. The number of aryl methyl sites for hydroxylation is 1. The van der Waals surface area contributed by atoms with E-state index in [0.717, 1.165) is 21.3 Å². The Labute approximate surface area is 132 Å². The van der Waals surface area contributed by atoms with Crippen molar-refractivity contribution < 1.29 is 4.92 Å². The van der Waals surface area contributed by atoms with Gasteiger partial charge in [-0.2, -0.15) is 0 Å². The van der Waals surface area contributed by atoms with Crippen LogP contribution in [0.1, 0.15) is 31.0 Å². The smallest absolute Gasteiger partial charge is 0.274 e. The van der Waals surface area contributed by atoms with Crippen molar-refractivity contribution >= 4 is 27.3 Å². The van der Waals surface area contributed by atoms with Gasteiger partial charge in [-0.1, -0.05) is 41.1 Å². The van der Waals surface area contributed by atoms with Crippen LogP contribution >= 0.6 is 15.9 Å². The number of halogens is 1. The molecule has 1 atom stereocenters. The monoisotopic (exact) mass is 348 g/mol. The van der Waals surface area contributed by atoms with Crippen molar-refractivity contribution in [1.82, 2.24) is 0 Å². The Morgan fingerprint density at radius 2 is 1.90 bits per heavy atom. The summed E-state index contributed by atoms with van der Waals surface area (Å²) in [7, 11) is 0. The topological polar surface area (TPSA) is 55.2 Å². The molecular formula is C16H17BrN2O2. The molecule has 0 bridgehead atoms. The highest BCUT2D eigenvalue weighted by molar-refractivity contribution is 9.10. The lowest BCUT2D eigenvalue weighted by molar-refractivity contribution is -0.385. The Balaban J connectivity index is 2.21. The molecule has 21 heavy (non-hydrogen) atoms. The fourth-order valence-corrected chi connectivity index (χ4v) is 2.47. The summed E-state index contributed by atoms with van der Waals surface area (Å²) in [6, 6.07) is 13.4. The van der Waals surface area contributed by atoms with Crippen LogP contribution in [0, 0.1) is 10.1 Å². The normalized spacial score (nSPS) is 12.0. The summed E-state index contributed by atoms with van der Waals surface area (Å²) in [5.41, 5.74) is 2.81. The van der Waals surface area contributed by atoms with Crippen molar-refractivity contribution in [3.05, 3.63) is 68.2 Å². The first kappa shape index (κ1) is 15.5. The van der Waals surface area contributed by atoms with Crippen LogP contribution in [0.15, 0.2) is 46.9 Å². The average Bonchev–Trinajstić information content (AvgIpc) is 2.47. The van der Waals surface area contributed by atoms with E-state index in [9.17, 15) is 10.1 Å². The molecule has 0 fully saturated rings. The highest BCUT2D eigenvalue weighted by atomic mass is 79.9. The molecule has 0 saturated carbocycles. The van der Waals surface area contributed by atoms with E-state index in [4.69, 9.17) is 0 Å². The SMILES string of the molecule is CCc1ccc(NC(C)c2ccc(Br)cc2)cc1[N+](=O)[O-]. The Bertz CT molecular complexity index is 641. The first-order chi connectivity index (χ1) is 10.0. The molecule has 0 amide bonds. The average molecular weight is 349 g/mol. The molecule has 0 spiro atoms. The Morgan fingerprint density at radius 1 is 1.24 bits per heavy atom. The Morgan fingerprint density at radius 3 is 2.48 bits per heavy atom. The van der Waals surface area contributed by atoms with Crippen molar-refractivity contribution in [2.75, 3.05) is 5.32 Å². The van der Waals surface area contributed by atoms with E-state index in [-0.39, 0.29) is 16.7 Å². The van der Waals surface area contributed by atoms with Crippen molar-refractivity contribution in [2.24, 2.45) is 0 Å². The standard InChI is InChI=1S/C16H17BrN2O2/c1-3-12-6-9-15(10-16(12)19(20)21)18-11(2)13-4-7-14(17)8-5-13/h4-11,18H,3H2,1-2H3. The van der Waals surface area contributed by atoms with Gasteiger partial charge in [-0.15, -0.1) is 0 Å². The Kier molecular flexibility index (Phi) is 4.96. The van der Waals surface area contributed by atoms with Gasteiger partial charge in [0.15, 0.2) is 0 Å². The van der Waals surface area contributed by atoms with Gasteiger partial charge in [-0.05, 0) is 37.1 Å². The number of rotatable bonds is 5. The van der Waals surface area contributed by atoms with Crippen LogP contribution in [0.25, 0.3) is 0 Å². The van der Waals surface area contributed by atoms with Crippen molar-refractivity contribution in [3.8, 4) is 0 Å². The minimum atomic E-state index is -0.325. The van der Waals surface area contributed by atoms with Gasteiger partial charge in [0.1, 0.15) is 0 Å². The summed E-state index contributed by atoms with van der Waals surface area (Å²) in [6.45, 7) is 3.95. The highest BCUT2D eigenvalue weighted by Crippen LogP contribution is 2.27. The largest absolute Gasteiger partial charge is 0.378 e. The number of benzene rings is 2. The molecule has 0 aliphatic carbocycles. The number of nitro groups is 1. The number of nitro benzene ring substituents is 1. The number of nitrogens with zero attached hydrogens (tertiary/aromatic N) is 1. The fourth-order valence-electron chi connectivity index (χ4n) is 2.21. The van der Waals surface area contributed by atoms with Crippen LogP contribution in [-0.4, -0.2) is 4.92 Å². The molecule has 2 rings (SSSR count). The summed E-state index contributed by atoms with van der Waals surface area (Å²) in [5.74, 6) is 0. The summed E-state index contributed by atoms with van der Waals surface area (Å²) in [5, 5.41) is 14.4. The molecule has 110 valence electrons. The van der Waals surface area contributed by atoms with E-state index in [0.29, 0.717) is 6.42 Å². The van der Waals surface area contributed by atoms with Gasteiger partial charge in [-0.3, -0.25) is 10.1 Å². The molecule has 2 aromatic carbocycles. The quantitative estimate of drug-likeness (QED) is 0.604. The molecule has 5 heteroatoms. The van der Waals surface area contributed by atoms with Crippen LogP contribution in [0.4, 0.5) is 11.4 Å². The number of nitrogens with one attached hydrogen (secondary N) is 1. The summed E-state index contributed by atoms with van der Waals surface area (Å²) >= 11 is 3.41. The highest BCUT2D eigenvalue weighted by Gasteiger charge is 2.14. The number of hydrogen-bond acceptors (Lipinski definition) is 3. The van der Waals surface area contributed by atoms with Crippen LogP contribution in [0.2, 0.25) is 0 Å². The van der Waals surface area contributed by atoms with Crippen LogP contribution in [0.3, 0.4) is 0 Å². The lowest BCUT2D eigenvalue weighted by Gasteiger charge is -2.16. The number of hydrogen-bond donors (Lipinski definition) is 1. The second kappa shape index (κ2) is 6.72. The van der Waals surface area contributed by atoms with Crippen molar-refractivity contribution in [3.63, 3.8) is 0 Å². The van der Waals surface area contributed by atoms with Gasteiger partial charge in [0, 0.05) is 27.8 Å². The summed E-state index contributed by atoms with van der Waals surface area (Å²) in [6.07, 6.45) is 0.652. The maximum absolute atomic E-state index is 11.1. The molecule has 0 aliphatic heterocycles. The second-order valence-corrected chi connectivity index (χ2v) is 5.79. The maximum atomic E-state index is 11.1. The van der Waals surface area contributed by atoms with E-state index in [1.165, 1.54) is 0 Å². The van der Waals surface area contributed by atoms with Crippen LogP contribution in [-0.2, 0) is 6.42 Å². The van der Waals surface area contributed by atoms with E-state index in [1.807, 2.05) is 50.2 Å². The van der Waals surface area contributed by atoms with E-state index >= 15 is 0 Å². The summed E-state index contributed by atoms with van der Waals surface area (Å²) < 4.78 is 1.03. The molecule has 0 radical (unpaired) electrons. The van der Waals surface area contributed by atoms with Gasteiger partial charge in [0.05, 0.1) is 4.92 Å².